The molecular formula is C25H24F3N3O2. The third-order valence-corrected chi connectivity index (χ3v) is 5.24. The van der Waals surface area contributed by atoms with E-state index in [1.54, 1.807) is 12.3 Å². The summed E-state index contributed by atoms with van der Waals surface area (Å²) >= 11 is 0. The molecule has 33 heavy (non-hydrogen) atoms. The number of ether oxygens (including phenoxy) is 1. The van der Waals surface area contributed by atoms with Gasteiger partial charge in [0, 0.05) is 23.5 Å². The lowest BCUT2D eigenvalue weighted by Gasteiger charge is -2.17. The minimum absolute atomic E-state index is 0.249. The van der Waals surface area contributed by atoms with E-state index in [-0.39, 0.29) is 16.7 Å². The van der Waals surface area contributed by atoms with Gasteiger partial charge in [-0.05, 0) is 66.3 Å². The molecule has 0 saturated carbocycles. The van der Waals surface area contributed by atoms with Crippen LogP contribution in [0.3, 0.4) is 0 Å². The van der Waals surface area contributed by atoms with E-state index in [2.05, 4.69) is 47.6 Å². The zero-order valence-corrected chi connectivity index (χ0v) is 18.5. The summed E-state index contributed by atoms with van der Waals surface area (Å²) in [5.74, 6) is 0.249. The van der Waals surface area contributed by atoms with Gasteiger partial charge in [0.1, 0.15) is 11.6 Å². The molecule has 0 aliphatic rings. The third-order valence-electron chi connectivity index (χ3n) is 5.24. The van der Waals surface area contributed by atoms with Crippen LogP contribution in [0, 0.1) is 5.41 Å². The van der Waals surface area contributed by atoms with Gasteiger partial charge in [-0.2, -0.15) is 0 Å². The van der Waals surface area contributed by atoms with Gasteiger partial charge in [0.25, 0.3) is 5.56 Å². The van der Waals surface area contributed by atoms with Gasteiger partial charge in [-0.1, -0.05) is 26.8 Å². The lowest BCUT2D eigenvalue weighted by molar-refractivity contribution is -0.274. The molecule has 0 aliphatic carbocycles. The van der Waals surface area contributed by atoms with Gasteiger partial charge in [-0.25, -0.2) is 4.98 Å². The summed E-state index contributed by atoms with van der Waals surface area (Å²) < 4.78 is 42.4. The molecule has 0 spiro atoms. The van der Waals surface area contributed by atoms with Gasteiger partial charge >= 0.3 is 6.36 Å². The second-order valence-electron chi connectivity index (χ2n) is 9.17. The zero-order valence-electron chi connectivity index (χ0n) is 18.5. The minimum atomic E-state index is -4.77. The Morgan fingerprint density at radius 2 is 1.73 bits per heavy atom. The van der Waals surface area contributed by atoms with E-state index in [9.17, 15) is 18.0 Å². The number of aromatic nitrogens is 3. The van der Waals surface area contributed by atoms with Gasteiger partial charge in [0.2, 0.25) is 0 Å². The summed E-state index contributed by atoms with van der Waals surface area (Å²) in [4.78, 5) is 20.4. The maximum absolute atomic E-state index is 12.4. The highest BCUT2D eigenvalue weighted by atomic mass is 19.4. The Morgan fingerprint density at radius 3 is 2.39 bits per heavy atom. The van der Waals surface area contributed by atoms with Crippen molar-refractivity contribution in [3.8, 4) is 22.8 Å². The first kappa shape index (κ1) is 22.6. The van der Waals surface area contributed by atoms with Gasteiger partial charge in [-0.3, -0.25) is 9.36 Å². The second-order valence-corrected chi connectivity index (χ2v) is 9.17. The molecule has 4 rings (SSSR count). The van der Waals surface area contributed by atoms with E-state index >= 15 is 0 Å². The molecule has 0 saturated heterocycles. The molecule has 0 unspecified atom stereocenters. The summed E-state index contributed by atoms with van der Waals surface area (Å²) in [5, 5.41) is 0. The molecule has 0 bridgehead atoms. The highest BCUT2D eigenvalue weighted by Crippen LogP contribution is 2.26. The van der Waals surface area contributed by atoms with Crippen molar-refractivity contribution in [2.24, 2.45) is 5.41 Å². The van der Waals surface area contributed by atoms with E-state index in [4.69, 9.17) is 0 Å². The highest BCUT2D eigenvalue weighted by molar-refractivity contribution is 5.80. The van der Waals surface area contributed by atoms with Crippen LogP contribution < -0.4 is 10.3 Å². The molecule has 0 fully saturated rings. The zero-order chi connectivity index (χ0) is 23.8. The Bertz CT molecular complexity index is 1330. The smallest absolute Gasteiger partial charge is 0.406 e. The van der Waals surface area contributed by atoms with Crippen LogP contribution in [0.4, 0.5) is 13.2 Å². The molecule has 0 aliphatic heterocycles. The molecule has 0 atom stereocenters. The molecule has 0 amide bonds. The number of alkyl halides is 3. The summed E-state index contributed by atoms with van der Waals surface area (Å²) in [6.07, 6.45) is -1.13. The van der Waals surface area contributed by atoms with Crippen molar-refractivity contribution in [2.45, 2.75) is 40.0 Å². The fraction of sp³-hybridized carbons (Fsp3) is 0.280. The van der Waals surface area contributed by atoms with Gasteiger partial charge < -0.3 is 9.72 Å². The number of hydrogen-bond acceptors (Lipinski definition) is 3. The minimum Gasteiger partial charge on any atom is -0.406 e. The van der Waals surface area contributed by atoms with E-state index < -0.39 is 6.36 Å². The van der Waals surface area contributed by atoms with Crippen molar-refractivity contribution in [2.75, 3.05) is 0 Å². The number of fused-ring (bicyclic) bond motifs is 1. The van der Waals surface area contributed by atoms with Crippen LogP contribution in [-0.4, -0.2) is 20.9 Å². The SMILES string of the molecule is CC(C)(C)CCc1ccc2nc(-c3ccc(=O)n(-c4ccc(OC(F)(F)F)cc4)c3)[nH]c2c1. The number of nitrogens with zero attached hydrogens (tertiary/aromatic N) is 2. The van der Waals surface area contributed by atoms with Crippen LogP contribution in [0.5, 0.6) is 5.75 Å². The number of H-pyrrole nitrogens is 1. The van der Waals surface area contributed by atoms with Crippen molar-refractivity contribution in [3.05, 3.63) is 76.7 Å². The Hall–Kier alpha value is -3.55. The fourth-order valence-corrected chi connectivity index (χ4v) is 3.51. The monoisotopic (exact) mass is 455 g/mol. The summed E-state index contributed by atoms with van der Waals surface area (Å²) in [6.45, 7) is 6.64. The standard InChI is InChI=1S/C25H24F3N3O2/c1-24(2,3)13-12-16-4-10-20-21(14-16)30-23(29-20)17-5-11-22(32)31(15-17)18-6-8-19(9-7-18)33-25(26,27)28/h4-11,14-15H,12-13H2,1-3H3,(H,29,30). The van der Waals surface area contributed by atoms with Crippen LogP contribution in [0.2, 0.25) is 0 Å². The molecule has 1 N–H and O–H groups in total. The number of halogens is 3. The Labute approximate surface area is 188 Å². The summed E-state index contributed by atoms with van der Waals surface area (Å²) in [7, 11) is 0. The lowest BCUT2D eigenvalue weighted by atomic mass is 9.89. The maximum atomic E-state index is 12.4. The van der Waals surface area contributed by atoms with Crippen LogP contribution in [-0.2, 0) is 6.42 Å². The Morgan fingerprint density at radius 1 is 1.00 bits per heavy atom. The van der Waals surface area contributed by atoms with Crippen LogP contribution in [0.1, 0.15) is 32.8 Å². The summed E-state index contributed by atoms with van der Waals surface area (Å²) in [6, 6.07) is 14.3. The number of rotatable bonds is 5. The topological polar surface area (TPSA) is 59.9 Å². The number of imidazole rings is 1. The molecule has 0 radical (unpaired) electrons. The molecule has 172 valence electrons. The van der Waals surface area contributed by atoms with Gasteiger partial charge in [0.05, 0.1) is 11.0 Å². The Kier molecular flexibility index (Phi) is 5.78. The second kappa shape index (κ2) is 8.42. The Balaban J connectivity index is 1.62. The van der Waals surface area contributed by atoms with E-state index in [0.717, 1.165) is 23.9 Å². The lowest BCUT2D eigenvalue weighted by Crippen LogP contribution is -2.18. The fourth-order valence-electron chi connectivity index (χ4n) is 3.51. The number of hydrogen-bond donors (Lipinski definition) is 1. The number of pyridine rings is 1. The first-order chi connectivity index (χ1) is 15.5. The third kappa shape index (κ3) is 5.63. The average Bonchev–Trinajstić information content (AvgIpc) is 3.15. The number of aromatic amines is 1. The van der Waals surface area contributed by atoms with Gasteiger partial charge in [0.15, 0.2) is 0 Å². The molecular weight excluding hydrogens is 431 g/mol. The van der Waals surface area contributed by atoms with Crippen LogP contribution in [0.15, 0.2) is 65.6 Å². The van der Waals surface area contributed by atoms with E-state index in [1.807, 2.05) is 6.07 Å². The number of nitrogens with one attached hydrogen (secondary N) is 1. The van der Waals surface area contributed by atoms with E-state index in [1.165, 1.54) is 40.5 Å². The van der Waals surface area contributed by atoms with Gasteiger partial charge in [-0.15, -0.1) is 13.2 Å². The molecule has 2 heterocycles. The van der Waals surface area contributed by atoms with Crippen molar-refractivity contribution in [3.63, 3.8) is 0 Å². The predicted molar refractivity (Wildman–Crippen MR) is 122 cm³/mol. The average molecular weight is 455 g/mol. The van der Waals surface area contributed by atoms with Crippen molar-refractivity contribution < 1.29 is 17.9 Å². The molecule has 5 nitrogen and oxygen atoms in total. The molecule has 8 heteroatoms. The number of aryl methyl sites for hydroxylation is 1. The molecule has 4 aromatic rings. The highest BCUT2D eigenvalue weighted by Gasteiger charge is 2.31. The maximum Gasteiger partial charge on any atom is 0.573 e. The van der Waals surface area contributed by atoms with Crippen LogP contribution in [0.25, 0.3) is 28.1 Å². The molecule has 2 aromatic heterocycles. The predicted octanol–water partition coefficient (Wildman–Crippen LogP) is 6.26. The first-order valence-corrected chi connectivity index (χ1v) is 10.5. The van der Waals surface area contributed by atoms with Crippen molar-refractivity contribution in [1.82, 2.24) is 14.5 Å². The largest absolute Gasteiger partial charge is 0.573 e. The normalized spacial score (nSPS) is 12.3. The quantitative estimate of drug-likeness (QED) is 0.387. The number of benzene rings is 2. The van der Waals surface area contributed by atoms with Crippen molar-refractivity contribution in [1.29, 1.82) is 0 Å². The summed E-state index contributed by atoms with van der Waals surface area (Å²) in [5.41, 5.74) is 3.97. The first-order valence-electron chi connectivity index (χ1n) is 10.5. The van der Waals surface area contributed by atoms with Crippen LogP contribution >= 0.6 is 0 Å². The molecule has 2 aromatic carbocycles. The van der Waals surface area contributed by atoms with E-state index in [0.29, 0.717) is 17.1 Å². The van der Waals surface area contributed by atoms with Crippen molar-refractivity contribution >= 4 is 11.0 Å².